The van der Waals surface area contributed by atoms with Gasteiger partial charge in [-0.1, -0.05) is 20.8 Å². The van der Waals surface area contributed by atoms with E-state index >= 15 is 0 Å². The summed E-state index contributed by atoms with van der Waals surface area (Å²) in [7, 11) is 0. The third kappa shape index (κ3) is 3.29. The minimum Gasteiger partial charge on any atom is -0.366 e. The molecule has 20 heavy (non-hydrogen) atoms. The molecule has 0 saturated carbocycles. The maximum absolute atomic E-state index is 14.2. The molecule has 2 rings (SSSR count). The summed E-state index contributed by atoms with van der Waals surface area (Å²) in [6.07, 6.45) is 2.26. The van der Waals surface area contributed by atoms with Crippen LogP contribution in [0, 0.1) is 17.0 Å². The zero-order valence-electron chi connectivity index (χ0n) is 12.5. The molecule has 1 unspecified atom stereocenters. The highest BCUT2D eigenvalue weighted by atomic mass is 19.1. The first-order valence-electron chi connectivity index (χ1n) is 7.31. The van der Waals surface area contributed by atoms with Gasteiger partial charge in [0.1, 0.15) is 17.3 Å². The van der Waals surface area contributed by atoms with Gasteiger partial charge in [0, 0.05) is 19.1 Å². The van der Waals surface area contributed by atoms with E-state index in [9.17, 15) is 8.78 Å². The number of nitrogens with two attached hydrogens (primary N) is 1. The van der Waals surface area contributed by atoms with E-state index in [0.29, 0.717) is 25.1 Å². The van der Waals surface area contributed by atoms with E-state index in [-0.39, 0.29) is 17.1 Å². The molecule has 1 aromatic rings. The smallest absolute Gasteiger partial charge is 0.149 e. The van der Waals surface area contributed by atoms with Crippen LogP contribution in [-0.2, 0) is 6.42 Å². The molecule has 0 amide bonds. The Bertz CT molecular complexity index is 462. The highest BCUT2D eigenvalue weighted by molar-refractivity contribution is 5.52. The minimum atomic E-state index is -0.471. The molecular formula is C16H24F2N2. The normalized spacial score (nSPS) is 19.4. The molecule has 112 valence electrons. The quantitative estimate of drug-likeness (QED) is 0.916. The zero-order chi connectivity index (χ0) is 14.9. The van der Waals surface area contributed by atoms with E-state index in [2.05, 4.69) is 13.8 Å². The van der Waals surface area contributed by atoms with E-state index in [1.165, 1.54) is 12.1 Å². The second kappa shape index (κ2) is 5.68. The number of anilines is 1. The lowest BCUT2D eigenvalue weighted by molar-refractivity contribution is 0.417. The van der Waals surface area contributed by atoms with Crippen molar-refractivity contribution in [2.24, 2.45) is 11.1 Å². The van der Waals surface area contributed by atoms with Gasteiger partial charge in [-0.2, -0.15) is 0 Å². The Kier molecular flexibility index (Phi) is 4.33. The van der Waals surface area contributed by atoms with Crippen LogP contribution in [0.2, 0.25) is 0 Å². The predicted octanol–water partition coefficient (Wildman–Crippen LogP) is 3.48. The molecule has 0 bridgehead atoms. The van der Waals surface area contributed by atoms with Crippen LogP contribution >= 0.6 is 0 Å². The van der Waals surface area contributed by atoms with Crippen LogP contribution in [0.5, 0.6) is 0 Å². The number of rotatable bonds is 4. The minimum absolute atomic E-state index is 0.0506. The Morgan fingerprint density at radius 1 is 1.30 bits per heavy atom. The number of hydrogen-bond acceptors (Lipinski definition) is 2. The van der Waals surface area contributed by atoms with Gasteiger partial charge in [0.2, 0.25) is 0 Å². The Morgan fingerprint density at radius 3 is 2.35 bits per heavy atom. The molecule has 4 heteroatoms. The second-order valence-corrected chi connectivity index (χ2v) is 6.62. The third-order valence-corrected chi connectivity index (χ3v) is 4.09. The largest absolute Gasteiger partial charge is 0.366 e. The van der Waals surface area contributed by atoms with Crippen LogP contribution in [0.4, 0.5) is 14.5 Å². The summed E-state index contributed by atoms with van der Waals surface area (Å²) in [5.74, 6) is -0.943. The van der Waals surface area contributed by atoms with E-state index in [0.717, 1.165) is 12.8 Å². The van der Waals surface area contributed by atoms with Crippen molar-refractivity contribution >= 4 is 5.69 Å². The molecule has 0 aliphatic carbocycles. The number of halogens is 2. The highest BCUT2D eigenvalue weighted by Gasteiger charge is 2.32. The lowest BCUT2D eigenvalue weighted by Crippen LogP contribution is -2.25. The molecule has 1 aliphatic heterocycles. The van der Waals surface area contributed by atoms with Crippen LogP contribution in [0.3, 0.4) is 0 Å². The average Bonchev–Trinajstić information content (AvgIpc) is 2.68. The number of hydrogen-bond donors (Lipinski definition) is 1. The fraction of sp³-hybridized carbons (Fsp3) is 0.625. The Balaban J connectivity index is 2.23. The molecule has 1 aromatic carbocycles. The van der Waals surface area contributed by atoms with Gasteiger partial charge in [0.15, 0.2) is 0 Å². The molecule has 1 fully saturated rings. The van der Waals surface area contributed by atoms with Gasteiger partial charge >= 0.3 is 0 Å². The molecule has 1 heterocycles. The van der Waals surface area contributed by atoms with Gasteiger partial charge in [0.05, 0.1) is 0 Å². The first-order valence-corrected chi connectivity index (χ1v) is 7.31. The number of nitrogens with zero attached hydrogens (tertiary/aromatic N) is 1. The van der Waals surface area contributed by atoms with Crippen LogP contribution < -0.4 is 10.6 Å². The summed E-state index contributed by atoms with van der Waals surface area (Å²) in [4.78, 5) is 1.81. The molecule has 0 spiro atoms. The van der Waals surface area contributed by atoms with E-state index in [1.807, 2.05) is 11.8 Å². The summed E-state index contributed by atoms with van der Waals surface area (Å²) in [5.41, 5.74) is 6.71. The van der Waals surface area contributed by atoms with E-state index in [4.69, 9.17) is 5.73 Å². The van der Waals surface area contributed by atoms with Crippen LogP contribution in [0.15, 0.2) is 12.1 Å². The Morgan fingerprint density at radius 2 is 1.90 bits per heavy atom. The van der Waals surface area contributed by atoms with Crippen molar-refractivity contribution in [3.63, 3.8) is 0 Å². The fourth-order valence-corrected chi connectivity index (χ4v) is 2.79. The SMILES string of the molecule is CCC(N)Cc1cc(F)c(N2CCC(C)(C)C2)c(F)c1. The van der Waals surface area contributed by atoms with Gasteiger partial charge in [-0.05, 0) is 42.4 Å². The molecule has 2 nitrogen and oxygen atoms in total. The van der Waals surface area contributed by atoms with Crippen molar-refractivity contribution in [1.82, 2.24) is 0 Å². The summed E-state index contributed by atoms with van der Waals surface area (Å²) >= 11 is 0. The van der Waals surface area contributed by atoms with Gasteiger partial charge in [-0.15, -0.1) is 0 Å². The van der Waals surface area contributed by atoms with E-state index in [1.54, 1.807) is 0 Å². The van der Waals surface area contributed by atoms with E-state index < -0.39 is 11.6 Å². The number of benzene rings is 1. The van der Waals surface area contributed by atoms with Gasteiger partial charge in [-0.25, -0.2) is 8.78 Å². The van der Waals surface area contributed by atoms with Gasteiger partial charge in [0.25, 0.3) is 0 Å². The third-order valence-electron chi connectivity index (χ3n) is 4.09. The van der Waals surface area contributed by atoms with Crippen LogP contribution in [-0.4, -0.2) is 19.1 Å². The fourth-order valence-electron chi connectivity index (χ4n) is 2.79. The van der Waals surface area contributed by atoms with Crippen molar-refractivity contribution in [3.05, 3.63) is 29.3 Å². The standard InChI is InChI=1S/C16H24F2N2/c1-4-12(19)7-11-8-13(17)15(14(18)9-11)20-6-5-16(2,3)10-20/h8-9,12H,4-7,10,19H2,1-3H3. The molecular weight excluding hydrogens is 258 g/mol. The summed E-state index contributed by atoms with van der Waals surface area (Å²) in [5, 5.41) is 0. The summed E-state index contributed by atoms with van der Waals surface area (Å²) < 4.78 is 28.5. The Hall–Kier alpha value is -1.16. The summed E-state index contributed by atoms with van der Waals surface area (Å²) in [6, 6.07) is 2.81. The summed E-state index contributed by atoms with van der Waals surface area (Å²) in [6.45, 7) is 7.61. The van der Waals surface area contributed by atoms with Crippen molar-refractivity contribution in [2.45, 2.75) is 46.1 Å². The molecule has 1 saturated heterocycles. The molecule has 2 N–H and O–H groups in total. The van der Waals surface area contributed by atoms with Crippen molar-refractivity contribution in [2.75, 3.05) is 18.0 Å². The topological polar surface area (TPSA) is 29.3 Å². The average molecular weight is 282 g/mol. The lowest BCUT2D eigenvalue weighted by atomic mass is 9.93. The molecule has 0 radical (unpaired) electrons. The van der Waals surface area contributed by atoms with Crippen molar-refractivity contribution in [3.8, 4) is 0 Å². The zero-order valence-corrected chi connectivity index (χ0v) is 12.5. The van der Waals surface area contributed by atoms with Crippen molar-refractivity contribution in [1.29, 1.82) is 0 Å². The Labute approximate surface area is 120 Å². The predicted molar refractivity (Wildman–Crippen MR) is 78.9 cm³/mol. The van der Waals surface area contributed by atoms with Crippen molar-refractivity contribution < 1.29 is 8.78 Å². The molecule has 1 atom stereocenters. The molecule has 0 aromatic heterocycles. The van der Waals surface area contributed by atoms with Crippen LogP contribution in [0.1, 0.15) is 39.2 Å². The van der Waals surface area contributed by atoms with Gasteiger partial charge in [-0.3, -0.25) is 0 Å². The maximum atomic E-state index is 14.2. The second-order valence-electron chi connectivity index (χ2n) is 6.62. The first-order chi connectivity index (χ1) is 9.32. The highest BCUT2D eigenvalue weighted by Crippen LogP contribution is 2.35. The monoisotopic (exact) mass is 282 g/mol. The first kappa shape index (κ1) is 15.2. The maximum Gasteiger partial charge on any atom is 0.149 e. The van der Waals surface area contributed by atoms with Gasteiger partial charge < -0.3 is 10.6 Å². The molecule has 1 aliphatic rings. The lowest BCUT2D eigenvalue weighted by Gasteiger charge is -2.23. The van der Waals surface area contributed by atoms with Crippen LogP contribution in [0.25, 0.3) is 0 Å².